The van der Waals surface area contributed by atoms with E-state index >= 15 is 0 Å². The molecule has 0 amide bonds. The number of benzene rings is 6. The first-order valence-electron chi connectivity index (χ1n) is 14.0. The van der Waals surface area contributed by atoms with E-state index in [2.05, 4.69) is 195 Å². The van der Waals surface area contributed by atoms with Crippen molar-refractivity contribution in [2.75, 3.05) is 0 Å². The Morgan fingerprint density at radius 3 is 0.583 bits per heavy atom. The van der Waals surface area contributed by atoms with Crippen LogP contribution in [0.3, 0.4) is 0 Å². The van der Waals surface area contributed by atoms with E-state index in [-0.39, 0.29) is 17.1 Å². The Kier molecular flexibility index (Phi) is 19.3. The first kappa shape index (κ1) is 41.1. The second kappa shape index (κ2) is 22.6. The van der Waals surface area contributed by atoms with E-state index in [1.165, 1.54) is 31.8 Å². The molecule has 0 N–H and O–H groups in total. The van der Waals surface area contributed by atoms with Crippen molar-refractivity contribution in [3.63, 3.8) is 0 Å². The summed E-state index contributed by atoms with van der Waals surface area (Å²) in [6.07, 6.45) is 0. The second-order valence-electron chi connectivity index (χ2n) is 9.37. The Bertz CT molecular complexity index is 1580. The van der Waals surface area contributed by atoms with Crippen molar-refractivity contribution in [1.29, 1.82) is 0 Å². The average Bonchev–Trinajstić information content (AvgIpc) is 3.21. The van der Waals surface area contributed by atoms with E-state index in [1.54, 1.807) is 0 Å². The van der Waals surface area contributed by atoms with Gasteiger partial charge in [-0.1, -0.05) is 109 Å². The summed E-state index contributed by atoms with van der Waals surface area (Å²) in [6.45, 7) is 9.00. The molecule has 239 valence electrons. The molecule has 7 nitrogen and oxygen atoms in total. The number of nitroso groups, excluding NO2 is 2. The third kappa shape index (κ3) is 9.12. The van der Waals surface area contributed by atoms with Gasteiger partial charge in [0.05, 0.1) is 31.8 Å². The summed E-state index contributed by atoms with van der Waals surface area (Å²) >= 11 is 0. The number of hydrogen-bond acceptors (Lipinski definition) is 2. The van der Waals surface area contributed by atoms with Crippen molar-refractivity contribution in [2.45, 2.75) is 0 Å². The van der Waals surface area contributed by atoms with Crippen LogP contribution < -0.4 is 36.0 Å². The zero-order chi connectivity index (χ0) is 34.4. The van der Waals surface area contributed by atoms with Gasteiger partial charge in [0.15, 0.2) is 0 Å². The molecule has 0 aliphatic carbocycles. The van der Waals surface area contributed by atoms with Crippen molar-refractivity contribution >= 4 is 45.9 Å². The Morgan fingerprint density at radius 2 is 0.458 bits per heavy atom. The van der Waals surface area contributed by atoms with E-state index < -0.39 is 14.1 Å². The smallest absolute Gasteiger partial charge is 0.301 e. The number of nitrogens with zero attached hydrogens (tertiary/aromatic N) is 3. The molecule has 10 heteroatoms. The van der Waals surface area contributed by atoms with Crippen LogP contribution in [0.2, 0.25) is 0 Å². The summed E-state index contributed by atoms with van der Waals surface area (Å²) in [6, 6.07) is 65.7. The summed E-state index contributed by atoms with van der Waals surface area (Å²) < 4.78 is 21.4. The van der Waals surface area contributed by atoms with Gasteiger partial charge in [-0.3, -0.25) is 0 Å². The van der Waals surface area contributed by atoms with Gasteiger partial charge in [0.2, 0.25) is 0 Å². The molecule has 0 saturated carbocycles. The predicted octanol–water partition coefficient (Wildman–Crippen LogP) is 6.98. The Labute approximate surface area is 291 Å². The third-order valence-electron chi connectivity index (χ3n) is 7.05. The van der Waals surface area contributed by atoms with E-state index in [0.717, 1.165) is 0 Å². The number of rotatable bonds is 6. The molecule has 6 rings (SSSR count). The molecule has 0 atom stereocenters. The Balaban J connectivity index is 0.00000119. The first-order chi connectivity index (χ1) is 23.3. The van der Waals surface area contributed by atoms with Crippen LogP contribution in [-0.4, -0.2) is 0 Å². The molecule has 0 saturated heterocycles. The minimum absolute atomic E-state index is 0. The maximum atomic E-state index is 7.50. The molecule has 0 aliphatic rings. The van der Waals surface area contributed by atoms with Crippen molar-refractivity contribution in [2.24, 2.45) is 0 Å². The van der Waals surface area contributed by atoms with Gasteiger partial charge in [-0.05, 0) is 72.8 Å². The summed E-state index contributed by atoms with van der Waals surface area (Å²) in [5, 5.41) is 7.55. The normalized spacial score (nSPS) is 9.58. The van der Waals surface area contributed by atoms with Crippen LogP contribution in [0, 0.1) is 23.1 Å². The molecule has 0 bridgehead atoms. The van der Waals surface area contributed by atoms with Gasteiger partial charge < -0.3 is 21.0 Å². The molecule has 1 radical (unpaired) electrons. The molecule has 0 aliphatic heterocycles. The quantitative estimate of drug-likeness (QED) is 0.0608. The van der Waals surface area contributed by atoms with Crippen LogP contribution in [0.1, 0.15) is 0 Å². The maximum Gasteiger partial charge on any atom is 0.301 e. The number of hydrogen-bond donors (Lipinski definition) is 0. The van der Waals surface area contributed by atoms with Crippen molar-refractivity contribution in [3.8, 4) is 0 Å². The minimum Gasteiger partial charge on any atom is -0.577 e. The molecule has 48 heavy (non-hydrogen) atoms. The summed E-state index contributed by atoms with van der Waals surface area (Å²) in [5.74, 6) is 0. The standard InChI is InChI=1S/C36H30NP2.2CO.Mn.2NO/c1-7-19-31(20-8-1)38(32-21-9-2-10-22-32,33-23-11-3-12-24-33)37-39(34-25-13-4-14-26-34,35-27-15-5-16-28-35)36-29-17-6-18-30-36;2*1-2;;2*1-2/h1-30H;;;;;/q+1;;;;2*-1. The van der Waals surface area contributed by atoms with Crippen LogP contribution in [0.4, 0.5) is 0 Å². The SMILES string of the molecule is [C-]#[O+].[C-]#[O+].[Mn].[N-]=O.[N-]=O.c1ccc(P(=[N+]=P(c2ccccc2)(c2ccccc2)c2ccccc2)(c2ccccc2)c2ccccc2)cc1. The Morgan fingerprint density at radius 1 is 0.333 bits per heavy atom. The topological polar surface area (TPSA) is 133 Å². The molecular weight excluding hydrogens is 679 g/mol. The maximum absolute atomic E-state index is 7.50. The van der Waals surface area contributed by atoms with Crippen LogP contribution >= 0.6 is 14.1 Å². The molecule has 0 unspecified atom stereocenters. The monoisotopic (exact) mass is 709 g/mol. The molecule has 0 heterocycles. The molecule has 0 spiro atoms. The fourth-order valence-corrected chi connectivity index (χ4v) is 14.8. The van der Waals surface area contributed by atoms with Gasteiger partial charge in [-0.2, -0.15) is 0 Å². The van der Waals surface area contributed by atoms with Crippen molar-refractivity contribution in [1.82, 2.24) is 4.17 Å². The largest absolute Gasteiger partial charge is 0.577 e. The predicted molar refractivity (Wildman–Crippen MR) is 194 cm³/mol. The van der Waals surface area contributed by atoms with Crippen LogP contribution in [0.5, 0.6) is 0 Å². The first-order valence-corrected chi connectivity index (χ1v) is 17.5. The Hall–Kier alpha value is -4.91. The van der Waals surface area contributed by atoms with E-state index in [9.17, 15) is 0 Å². The van der Waals surface area contributed by atoms with E-state index in [1.807, 2.05) is 0 Å². The summed E-state index contributed by atoms with van der Waals surface area (Å²) in [4.78, 5) is 14.5. The van der Waals surface area contributed by atoms with Crippen LogP contribution in [0.25, 0.3) is 11.2 Å². The molecular formula is C38H30MnN3O4P2-. The second-order valence-corrected chi connectivity index (χ2v) is 15.7. The summed E-state index contributed by atoms with van der Waals surface area (Å²) in [5.41, 5.74) is 11.5. The average molecular weight is 710 g/mol. The van der Waals surface area contributed by atoms with Crippen molar-refractivity contribution in [3.05, 3.63) is 216 Å². The van der Waals surface area contributed by atoms with Gasteiger partial charge in [-0.25, -0.2) is 0 Å². The van der Waals surface area contributed by atoms with Gasteiger partial charge >= 0.3 is 36.7 Å². The van der Waals surface area contributed by atoms with Crippen LogP contribution in [-0.2, 0) is 26.4 Å². The minimum atomic E-state index is -2.50. The van der Waals surface area contributed by atoms with E-state index in [0.29, 0.717) is 0 Å². The van der Waals surface area contributed by atoms with Gasteiger partial charge in [0.1, 0.15) is 0 Å². The fourth-order valence-electron chi connectivity index (χ4n) is 5.27. The van der Waals surface area contributed by atoms with Crippen molar-refractivity contribution < 1.29 is 26.4 Å². The molecule has 6 aromatic rings. The molecule has 0 fully saturated rings. The fraction of sp³-hybridized carbons (Fsp3) is 0. The molecule has 0 aromatic heterocycles. The van der Waals surface area contributed by atoms with Gasteiger partial charge in [0, 0.05) is 17.1 Å². The van der Waals surface area contributed by atoms with Crippen LogP contribution in [0.15, 0.2) is 182 Å². The van der Waals surface area contributed by atoms with E-state index in [4.69, 9.17) is 34.5 Å². The van der Waals surface area contributed by atoms with Gasteiger partial charge in [0.25, 0.3) is 0 Å². The summed E-state index contributed by atoms with van der Waals surface area (Å²) in [7, 11) is -4.99. The zero-order valence-corrected chi connectivity index (χ0v) is 28.5. The third-order valence-corrected chi connectivity index (χ3v) is 15.5. The van der Waals surface area contributed by atoms with Gasteiger partial charge in [-0.15, -0.1) is 4.17 Å². The zero-order valence-electron chi connectivity index (χ0n) is 25.6. The molecule has 6 aromatic carbocycles.